The van der Waals surface area contributed by atoms with E-state index in [2.05, 4.69) is 27.3 Å². The molecular weight excluding hydrogens is 336 g/mol. The molecule has 0 aliphatic carbocycles. The van der Waals surface area contributed by atoms with Gasteiger partial charge in [0.05, 0.1) is 0 Å². The highest BCUT2D eigenvalue weighted by atomic mass is 16.5. The van der Waals surface area contributed by atoms with Gasteiger partial charge < -0.3 is 26.0 Å². The largest absolute Gasteiger partial charge is 0.492 e. The number of nitrogens with one attached hydrogen (secondary N) is 1. The number of nitrogen functional groups attached to an aromatic ring is 1. The second kappa shape index (κ2) is 8.50. The van der Waals surface area contributed by atoms with Gasteiger partial charge in [0.2, 0.25) is 11.5 Å². The molecule has 9 nitrogen and oxygen atoms in total. The van der Waals surface area contributed by atoms with Gasteiger partial charge in [0, 0.05) is 13.0 Å². The van der Waals surface area contributed by atoms with E-state index in [1.165, 1.54) is 0 Å². The minimum absolute atomic E-state index is 0.0369. The van der Waals surface area contributed by atoms with E-state index in [1.54, 1.807) is 4.52 Å². The summed E-state index contributed by atoms with van der Waals surface area (Å²) < 4.78 is 7.39. The Morgan fingerprint density at radius 2 is 2.08 bits per heavy atom. The Morgan fingerprint density at radius 1 is 1.31 bits per heavy atom. The summed E-state index contributed by atoms with van der Waals surface area (Å²) in [7, 11) is 0. The van der Waals surface area contributed by atoms with E-state index >= 15 is 0 Å². The zero-order valence-corrected chi connectivity index (χ0v) is 15.2. The number of hydrogen-bond donors (Lipinski definition) is 4. The number of fused-ring (bicyclic) bond motifs is 1. The highest BCUT2D eigenvalue weighted by Crippen LogP contribution is 2.27. The first kappa shape index (κ1) is 18.7. The van der Waals surface area contributed by atoms with Crippen molar-refractivity contribution in [2.45, 2.75) is 51.6 Å². The summed E-state index contributed by atoms with van der Waals surface area (Å²) in [6.07, 6.45) is 4.82. The Kier molecular flexibility index (Phi) is 6.10. The van der Waals surface area contributed by atoms with Crippen molar-refractivity contribution >= 4 is 11.5 Å². The van der Waals surface area contributed by atoms with Crippen LogP contribution in [0, 0.1) is 5.92 Å². The molecule has 1 aliphatic heterocycles. The molecule has 3 heterocycles. The molecular formula is C17H28N6O3. The molecule has 2 aromatic heterocycles. The second-order valence-electron chi connectivity index (χ2n) is 6.84. The van der Waals surface area contributed by atoms with Gasteiger partial charge in [0.15, 0.2) is 5.82 Å². The summed E-state index contributed by atoms with van der Waals surface area (Å²) >= 11 is 0. The maximum absolute atomic E-state index is 10.3. The molecule has 0 saturated carbocycles. The van der Waals surface area contributed by atoms with Crippen LogP contribution in [-0.4, -0.2) is 55.6 Å². The maximum Gasteiger partial charge on any atom is 0.336 e. The highest BCUT2D eigenvalue weighted by molar-refractivity contribution is 5.61. The van der Waals surface area contributed by atoms with Crippen molar-refractivity contribution in [2.75, 3.05) is 25.4 Å². The molecule has 1 saturated heterocycles. The average Bonchev–Trinajstić information content (AvgIpc) is 2.93. The van der Waals surface area contributed by atoms with Crippen LogP contribution in [0.4, 0.5) is 5.82 Å². The number of anilines is 1. The minimum Gasteiger partial charge on any atom is -0.492 e. The van der Waals surface area contributed by atoms with Crippen LogP contribution in [-0.2, 0) is 6.42 Å². The van der Waals surface area contributed by atoms with Gasteiger partial charge in [-0.05, 0) is 44.7 Å². The number of nitrogens with two attached hydrogens (primary N) is 1. The number of aliphatic hydroxyl groups excluding tert-OH is 1. The third kappa shape index (κ3) is 4.16. The molecule has 5 N–H and O–H groups in total. The molecule has 0 unspecified atom stereocenters. The molecule has 1 fully saturated rings. The number of nitrogens with zero attached hydrogens (tertiary/aromatic N) is 4. The van der Waals surface area contributed by atoms with Gasteiger partial charge in [0.1, 0.15) is 11.8 Å². The number of piperidine rings is 1. The van der Waals surface area contributed by atoms with E-state index in [4.69, 9.17) is 10.5 Å². The summed E-state index contributed by atoms with van der Waals surface area (Å²) in [4.78, 5) is 8.29. The lowest BCUT2D eigenvalue weighted by atomic mass is 9.93. The van der Waals surface area contributed by atoms with Crippen LogP contribution < -0.4 is 15.8 Å². The Morgan fingerprint density at radius 3 is 2.77 bits per heavy atom. The minimum atomic E-state index is -0.174. The molecule has 9 heteroatoms. The van der Waals surface area contributed by atoms with E-state index in [-0.39, 0.29) is 30.4 Å². The number of hydrogen-bond acceptors (Lipinski definition) is 8. The quantitative estimate of drug-likeness (QED) is 0.543. The molecule has 144 valence electrons. The van der Waals surface area contributed by atoms with Gasteiger partial charge >= 0.3 is 6.01 Å². The normalized spacial score (nSPS) is 16.8. The summed E-state index contributed by atoms with van der Waals surface area (Å²) in [5.41, 5.74) is 6.99. The van der Waals surface area contributed by atoms with Crippen molar-refractivity contribution in [1.82, 2.24) is 24.9 Å². The first-order valence-electron chi connectivity index (χ1n) is 9.34. The van der Waals surface area contributed by atoms with E-state index in [1.807, 2.05) is 0 Å². The lowest BCUT2D eigenvalue weighted by molar-refractivity contribution is 0.133. The molecule has 0 bridgehead atoms. The Hall–Kier alpha value is -2.13. The van der Waals surface area contributed by atoms with Crippen molar-refractivity contribution < 1.29 is 14.9 Å². The fourth-order valence-corrected chi connectivity index (χ4v) is 3.43. The predicted octanol–water partition coefficient (Wildman–Crippen LogP) is 0.884. The first-order valence-corrected chi connectivity index (χ1v) is 9.34. The molecule has 26 heavy (non-hydrogen) atoms. The average molecular weight is 364 g/mol. The number of imidazole rings is 1. The van der Waals surface area contributed by atoms with Crippen LogP contribution in [0.25, 0.3) is 5.65 Å². The lowest BCUT2D eigenvalue weighted by Gasteiger charge is -2.22. The van der Waals surface area contributed by atoms with Gasteiger partial charge in [-0.15, -0.1) is 5.10 Å². The zero-order valence-electron chi connectivity index (χ0n) is 15.2. The van der Waals surface area contributed by atoms with Gasteiger partial charge in [-0.2, -0.15) is 9.97 Å². The fourth-order valence-electron chi connectivity index (χ4n) is 3.43. The third-order valence-corrected chi connectivity index (χ3v) is 4.83. The molecule has 0 spiro atoms. The number of rotatable bonds is 8. The van der Waals surface area contributed by atoms with Crippen molar-refractivity contribution in [3.05, 3.63) is 5.69 Å². The van der Waals surface area contributed by atoms with E-state index < -0.39 is 0 Å². The van der Waals surface area contributed by atoms with Crippen LogP contribution in [0.2, 0.25) is 0 Å². The third-order valence-electron chi connectivity index (χ3n) is 4.83. The van der Waals surface area contributed by atoms with Crippen LogP contribution in [0.3, 0.4) is 0 Å². The number of aromatic hydroxyl groups is 1. The van der Waals surface area contributed by atoms with Crippen LogP contribution in [0.1, 0.15) is 44.7 Å². The van der Waals surface area contributed by atoms with Crippen LogP contribution in [0.5, 0.6) is 11.9 Å². The van der Waals surface area contributed by atoms with Gasteiger partial charge in [-0.25, -0.2) is 4.52 Å². The number of ether oxygens (including phenoxy) is 1. The Labute approximate surface area is 152 Å². The van der Waals surface area contributed by atoms with Crippen molar-refractivity contribution in [3.8, 4) is 11.9 Å². The SMILES string of the molecule is CCC[C@H](CCO)Oc1nc(N)c2nc(O)c(CC3CCNCC3)n2n1. The summed E-state index contributed by atoms with van der Waals surface area (Å²) in [6, 6.07) is 0.144. The molecule has 0 radical (unpaired) electrons. The van der Waals surface area contributed by atoms with Gasteiger partial charge in [-0.3, -0.25) is 0 Å². The topological polar surface area (TPSA) is 131 Å². The first-order chi connectivity index (χ1) is 12.6. The van der Waals surface area contributed by atoms with E-state index in [0.717, 1.165) is 38.8 Å². The van der Waals surface area contributed by atoms with E-state index in [9.17, 15) is 10.2 Å². The fraction of sp³-hybridized carbons (Fsp3) is 0.706. The zero-order chi connectivity index (χ0) is 18.5. The summed E-state index contributed by atoms with van der Waals surface area (Å²) in [6.45, 7) is 4.05. The molecule has 0 aromatic carbocycles. The van der Waals surface area contributed by atoms with Gasteiger partial charge in [0.25, 0.3) is 0 Å². The molecule has 2 aromatic rings. The van der Waals surface area contributed by atoms with Crippen LogP contribution in [0.15, 0.2) is 0 Å². The standard InChI is InChI=1S/C17H28N6O3/c1-2-3-12(6-9-24)26-17-20-14(18)15-21-16(25)13(23(15)22-17)10-11-4-7-19-8-5-11/h11-12,19,24-25H,2-10H2,1H3,(H2,18,20,22)/t12-/m1/s1. The molecule has 0 amide bonds. The van der Waals surface area contributed by atoms with Crippen molar-refractivity contribution in [1.29, 1.82) is 0 Å². The monoisotopic (exact) mass is 364 g/mol. The number of aliphatic hydroxyl groups is 1. The van der Waals surface area contributed by atoms with Crippen LogP contribution >= 0.6 is 0 Å². The summed E-state index contributed by atoms with van der Waals surface area (Å²) in [5.74, 6) is 0.577. The second-order valence-corrected chi connectivity index (χ2v) is 6.84. The lowest BCUT2D eigenvalue weighted by Crippen LogP contribution is -2.29. The predicted molar refractivity (Wildman–Crippen MR) is 97.2 cm³/mol. The Bertz CT molecular complexity index is 723. The smallest absolute Gasteiger partial charge is 0.336 e. The molecule has 3 rings (SSSR count). The Balaban J connectivity index is 1.88. The highest BCUT2D eigenvalue weighted by Gasteiger charge is 2.23. The number of aromatic nitrogens is 4. The maximum atomic E-state index is 10.3. The molecule has 1 aliphatic rings. The summed E-state index contributed by atoms with van der Waals surface area (Å²) in [5, 5.41) is 27.2. The molecule has 1 atom stereocenters. The van der Waals surface area contributed by atoms with Gasteiger partial charge in [-0.1, -0.05) is 13.3 Å². The van der Waals surface area contributed by atoms with Crippen molar-refractivity contribution in [3.63, 3.8) is 0 Å². The van der Waals surface area contributed by atoms with E-state index in [0.29, 0.717) is 30.1 Å². The van der Waals surface area contributed by atoms with Crippen molar-refractivity contribution in [2.24, 2.45) is 5.92 Å².